The van der Waals surface area contributed by atoms with E-state index in [-0.39, 0.29) is 11.3 Å². The van der Waals surface area contributed by atoms with Crippen molar-refractivity contribution in [3.8, 4) is 5.75 Å². The predicted molar refractivity (Wildman–Crippen MR) is 70.8 cm³/mol. The molecule has 2 unspecified atom stereocenters. The third-order valence-corrected chi connectivity index (χ3v) is 4.09. The van der Waals surface area contributed by atoms with E-state index in [4.69, 9.17) is 0 Å². The van der Waals surface area contributed by atoms with Crippen molar-refractivity contribution in [2.45, 2.75) is 37.3 Å². The molecule has 0 radical (unpaired) electrons. The van der Waals surface area contributed by atoms with Gasteiger partial charge < -0.3 is 10.2 Å². The second-order valence-electron chi connectivity index (χ2n) is 4.51. The number of aliphatic hydroxyl groups is 1. The lowest BCUT2D eigenvalue weighted by Gasteiger charge is -2.15. The van der Waals surface area contributed by atoms with Crippen molar-refractivity contribution in [3.05, 3.63) is 28.3 Å². The number of nitro groups is 1. The molecule has 0 fully saturated rings. The number of aromatic hydroxyl groups is 1. The number of benzene rings is 1. The van der Waals surface area contributed by atoms with E-state index in [1.807, 2.05) is 0 Å². The number of aliphatic hydroxyl groups excluding tert-OH is 1. The molecule has 20 heavy (non-hydrogen) atoms. The summed E-state index contributed by atoms with van der Waals surface area (Å²) in [4.78, 5) is 9.48. The Hall–Kier alpha value is -1.71. The molecule has 0 saturated heterocycles. The standard InChI is InChI=1S/C11H16N2O6S/c1-7(5-8(2)14)12-20(18,19)9-3-4-11(15)10(6-9)13(16)17/h3-4,6-8,12,14-15H,5H2,1-2H3. The lowest BCUT2D eigenvalue weighted by atomic mass is 10.2. The first kappa shape index (κ1) is 16.3. The highest BCUT2D eigenvalue weighted by Gasteiger charge is 2.23. The van der Waals surface area contributed by atoms with E-state index in [1.54, 1.807) is 6.92 Å². The van der Waals surface area contributed by atoms with Crippen LogP contribution < -0.4 is 4.72 Å². The van der Waals surface area contributed by atoms with Gasteiger partial charge >= 0.3 is 5.69 Å². The van der Waals surface area contributed by atoms with Gasteiger partial charge in [0.1, 0.15) is 0 Å². The fourth-order valence-corrected chi connectivity index (χ4v) is 2.99. The zero-order valence-corrected chi connectivity index (χ0v) is 11.8. The molecular formula is C11H16N2O6S. The van der Waals surface area contributed by atoms with Crippen LogP contribution in [0.5, 0.6) is 5.75 Å². The van der Waals surface area contributed by atoms with Crippen molar-refractivity contribution in [1.82, 2.24) is 4.72 Å². The second kappa shape index (κ2) is 6.16. The number of nitrogens with zero attached hydrogens (tertiary/aromatic N) is 1. The van der Waals surface area contributed by atoms with E-state index >= 15 is 0 Å². The van der Waals surface area contributed by atoms with Gasteiger partial charge in [0, 0.05) is 12.1 Å². The molecule has 1 aromatic carbocycles. The smallest absolute Gasteiger partial charge is 0.312 e. The first-order chi connectivity index (χ1) is 9.13. The van der Waals surface area contributed by atoms with Crippen LogP contribution in [0.4, 0.5) is 5.69 Å². The highest BCUT2D eigenvalue weighted by Crippen LogP contribution is 2.28. The summed E-state index contributed by atoms with van der Waals surface area (Å²) in [6.45, 7) is 3.09. The molecule has 112 valence electrons. The minimum absolute atomic E-state index is 0.208. The Kier molecular flexibility index (Phi) is 5.03. The number of nitro benzene ring substituents is 1. The molecule has 0 bridgehead atoms. The van der Waals surface area contributed by atoms with E-state index in [1.165, 1.54) is 6.92 Å². The van der Waals surface area contributed by atoms with E-state index in [2.05, 4.69) is 4.72 Å². The van der Waals surface area contributed by atoms with Crippen LogP contribution in [-0.2, 0) is 10.0 Å². The zero-order valence-electron chi connectivity index (χ0n) is 11.0. The molecule has 9 heteroatoms. The first-order valence-electron chi connectivity index (χ1n) is 5.81. The van der Waals surface area contributed by atoms with Gasteiger partial charge in [-0.25, -0.2) is 13.1 Å². The van der Waals surface area contributed by atoms with Crippen molar-refractivity contribution >= 4 is 15.7 Å². The molecule has 3 N–H and O–H groups in total. The Bertz CT molecular complexity index is 599. The largest absolute Gasteiger partial charge is 0.502 e. The monoisotopic (exact) mass is 304 g/mol. The highest BCUT2D eigenvalue weighted by molar-refractivity contribution is 7.89. The quantitative estimate of drug-likeness (QED) is 0.525. The maximum atomic E-state index is 12.0. The molecule has 0 aliphatic carbocycles. The Morgan fingerprint density at radius 2 is 2.00 bits per heavy atom. The Morgan fingerprint density at radius 1 is 1.40 bits per heavy atom. The van der Waals surface area contributed by atoms with Gasteiger partial charge in [-0.2, -0.15) is 0 Å². The summed E-state index contributed by atoms with van der Waals surface area (Å²) in [6, 6.07) is 2.27. The predicted octanol–water partition coefficient (Wildman–Crippen LogP) is 0.738. The summed E-state index contributed by atoms with van der Waals surface area (Å²) in [7, 11) is -3.95. The van der Waals surface area contributed by atoms with Gasteiger partial charge in [-0.15, -0.1) is 0 Å². The average Bonchev–Trinajstić information content (AvgIpc) is 2.26. The fraction of sp³-hybridized carbons (Fsp3) is 0.455. The van der Waals surface area contributed by atoms with Crippen LogP contribution in [-0.4, -0.2) is 35.7 Å². The maximum absolute atomic E-state index is 12.0. The van der Waals surface area contributed by atoms with Crippen molar-refractivity contribution in [2.24, 2.45) is 0 Å². The fourth-order valence-electron chi connectivity index (χ4n) is 1.71. The van der Waals surface area contributed by atoms with E-state index in [9.17, 15) is 28.7 Å². The topological polar surface area (TPSA) is 130 Å². The van der Waals surface area contributed by atoms with Crippen LogP contribution in [0.2, 0.25) is 0 Å². The van der Waals surface area contributed by atoms with Gasteiger partial charge in [-0.3, -0.25) is 10.1 Å². The Morgan fingerprint density at radius 3 is 2.50 bits per heavy atom. The molecular weight excluding hydrogens is 288 g/mol. The first-order valence-corrected chi connectivity index (χ1v) is 7.29. The lowest BCUT2D eigenvalue weighted by Crippen LogP contribution is -2.34. The van der Waals surface area contributed by atoms with Crippen molar-refractivity contribution in [3.63, 3.8) is 0 Å². The highest BCUT2D eigenvalue weighted by atomic mass is 32.2. The third kappa shape index (κ3) is 4.15. The van der Waals surface area contributed by atoms with Crippen LogP contribution in [0.25, 0.3) is 0 Å². The molecule has 0 aromatic heterocycles. The van der Waals surface area contributed by atoms with Crippen LogP contribution in [0.15, 0.2) is 23.1 Å². The summed E-state index contributed by atoms with van der Waals surface area (Å²) in [6.07, 6.45) is -0.471. The van der Waals surface area contributed by atoms with Crippen LogP contribution in [0.3, 0.4) is 0 Å². The molecule has 0 saturated carbocycles. The zero-order chi connectivity index (χ0) is 15.5. The van der Waals surface area contributed by atoms with E-state index in [0.29, 0.717) is 0 Å². The van der Waals surface area contributed by atoms with Gasteiger partial charge in [-0.1, -0.05) is 0 Å². The number of hydrogen-bond acceptors (Lipinski definition) is 6. The van der Waals surface area contributed by atoms with Crippen LogP contribution >= 0.6 is 0 Å². The van der Waals surface area contributed by atoms with Crippen molar-refractivity contribution in [1.29, 1.82) is 0 Å². The number of phenolic OH excluding ortho intramolecular Hbond substituents is 1. The minimum Gasteiger partial charge on any atom is -0.502 e. The summed E-state index contributed by atoms with van der Waals surface area (Å²) >= 11 is 0. The minimum atomic E-state index is -3.95. The van der Waals surface area contributed by atoms with Crippen molar-refractivity contribution in [2.75, 3.05) is 0 Å². The van der Waals surface area contributed by atoms with Gasteiger partial charge in [0.25, 0.3) is 0 Å². The molecule has 2 atom stereocenters. The third-order valence-electron chi connectivity index (χ3n) is 2.50. The molecule has 1 rings (SSSR count). The van der Waals surface area contributed by atoms with Crippen LogP contribution in [0.1, 0.15) is 20.3 Å². The van der Waals surface area contributed by atoms with Gasteiger partial charge in [0.05, 0.1) is 15.9 Å². The molecule has 0 spiro atoms. The summed E-state index contributed by atoms with van der Waals surface area (Å²) in [5.41, 5.74) is -0.684. The number of hydrogen-bond donors (Lipinski definition) is 3. The summed E-state index contributed by atoms with van der Waals surface area (Å²) in [5.74, 6) is -0.606. The van der Waals surface area contributed by atoms with E-state index < -0.39 is 38.5 Å². The normalized spacial score (nSPS) is 14.8. The van der Waals surface area contributed by atoms with Gasteiger partial charge in [0.2, 0.25) is 10.0 Å². The number of phenols is 1. The summed E-state index contributed by atoms with van der Waals surface area (Å²) in [5, 5.41) is 29.1. The molecule has 8 nitrogen and oxygen atoms in total. The van der Waals surface area contributed by atoms with Crippen LogP contribution in [0, 0.1) is 10.1 Å². The Balaban J connectivity index is 3.04. The van der Waals surface area contributed by atoms with E-state index in [0.717, 1.165) is 18.2 Å². The lowest BCUT2D eigenvalue weighted by molar-refractivity contribution is -0.386. The molecule has 0 heterocycles. The van der Waals surface area contributed by atoms with Crippen molar-refractivity contribution < 1.29 is 23.6 Å². The molecule has 0 aliphatic heterocycles. The summed E-state index contributed by atoms with van der Waals surface area (Å²) < 4.78 is 26.3. The molecule has 0 aliphatic rings. The van der Waals surface area contributed by atoms with Gasteiger partial charge in [-0.05, 0) is 32.4 Å². The molecule has 0 amide bonds. The SMILES string of the molecule is CC(O)CC(C)NS(=O)(=O)c1ccc(O)c([N+](=O)[O-])c1. The Labute approximate surface area is 116 Å². The van der Waals surface area contributed by atoms with Gasteiger partial charge in [0.15, 0.2) is 5.75 Å². The second-order valence-corrected chi connectivity index (χ2v) is 6.23. The number of nitrogens with one attached hydrogen (secondary N) is 1. The average molecular weight is 304 g/mol. The number of rotatable bonds is 6. The number of sulfonamides is 1. The maximum Gasteiger partial charge on any atom is 0.312 e. The molecule has 1 aromatic rings.